The molecule has 0 fully saturated rings. The van der Waals surface area contributed by atoms with E-state index in [4.69, 9.17) is 5.73 Å². The highest BCUT2D eigenvalue weighted by Gasteiger charge is 2.02. The van der Waals surface area contributed by atoms with Gasteiger partial charge in [0.05, 0.1) is 0 Å². The Kier molecular flexibility index (Phi) is 4.05. The molecule has 82 valence electrons. The molecule has 0 aliphatic carbocycles. The van der Waals surface area contributed by atoms with Gasteiger partial charge in [0, 0.05) is 18.3 Å². The molecule has 1 aromatic rings. The zero-order valence-electron chi connectivity index (χ0n) is 8.46. The number of anilines is 1. The van der Waals surface area contributed by atoms with Crippen LogP contribution >= 0.6 is 0 Å². The van der Waals surface area contributed by atoms with Crippen molar-refractivity contribution in [2.45, 2.75) is 13.0 Å². The monoisotopic (exact) mass is 211 g/mol. The van der Waals surface area contributed by atoms with Crippen molar-refractivity contribution in [3.05, 3.63) is 30.1 Å². The molecule has 0 bridgehead atoms. The Hall–Kier alpha value is -1.62. The number of hydrogen-bond acceptors (Lipinski definition) is 2. The van der Waals surface area contributed by atoms with E-state index in [1.807, 2.05) is 0 Å². The van der Waals surface area contributed by atoms with Crippen LogP contribution in [0.1, 0.15) is 6.92 Å². The summed E-state index contributed by atoms with van der Waals surface area (Å²) in [5, 5.41) is 5.13. The molecule has 0 saturated heterocycles. The Morgan fingerprint density at radius 2 is 2.07 bits per heavy atom. The summed E-state index contributed by atoms with van der Waals surface area (Å²) in [5.41, 5.74) is 6.00. The van der Waals surface area contributed by atoms with E-state index in [0.29, 0.717) is 12.2 Å². The second-order valence-corrected chi connectivity index (χ2v) is 3.32. The minimum absolute atomic E-state index is 0.0935. The van der Waals surface area contributed by atoms with Crippen molar-refractivity contribution in [3.63, 3.8) is 0 Å². The summed E-state index contributed by atoms with van der Waals surface area (Å²) in [7, 11) is 0. The Morgan fingerprint density at radius 1 is 1.47 bits per heavy atom. The predicted molar refractivity (Wildman–Crippen MR) is 57.1 cm³/mol. The van der Waals surface area contributed by atoms with Crippen LogP contribution in [-0.4, -0.2) is 18.6 Å². The van der Waals surface area contributed by atoms with Gasteiger partial charge < -0.3 is 16.4 Å². The normalized spacial score (nSPS) is 11.9. The van der Waals surface area contributed by atoms with Crippen molar-refractivity contribution in [1.82, 2.24) is 5.32 Å². The number of rotatable bonds is 3. The second kappa shape index (κ2) is 5.31. The van der Waals surface area contributed by atoms with Crippen molar-refractivity contribution in [2.75, 3.05) is 11.9 Å². The molecular formula is C10H14FN3O. The summed E-state index contributed by atoms with van der Waals surface area (Å²) in [4.78, 5) is 11.2. The average Bonchev–Trinajstić information content (AvgIpc) is 2.19. The molecule has 15 heavy (non-hydrogen) atoms. The molecule has 1 unspecified atom stereocenters. The van der Waals surface area contributed by atoms with Gasteiger partial charge >= 0.3 is 6.03 Å². The largest absolute Gasteiger partial charge is 0.336 e. The molecule has 4 nitrogen and oxygen atoms in total. The van der Waals surface area contributed by atoms with Crippen LogP contribution in [-0.2, 0) is 0 Å². The number of benzene rings is 1. The van der Waals surface area contributed by atoms with Crippen LogP contribution in [0.3, 0.4) is 0 Å². The van der Waals surface area contributed by atoms with Crippen LogP contribution in [0.25, 0.3) is 0 Å². The summed E-state index contributed by atoms with van der Waals surface area (Å²) < 4.78 is 12.5. The number of halogens is 1. The third-order valence-electron chi connectivity index (χ3n) is 1.69. The first-order valence-electron chi connectivity index (χ1n) is 4.64. The molecule has 5 heteroatoms. The van der Waals surface area contributed by atoms with Gasteiger partial charge in [-0.15, -0.1) is 0 Å². The molecule has 1 atom stereocenters. The van der Waals surface area contributed by atoms with Gasteiger partial charge in [0.2, 0.25) is 0 Å². The van der Waals surface area contributed by atoms with E-state index in [2.05, 4.69) is 10.6 Å². The Labute approximate surface area is 87.7 Å². The minimum Gasteiger partial charge on any atom is -0.336 e. The topological polar surface area (TPSA) is 67.1 Å². The second-order valence-electron chi connectivity index (χ2n) is 3.32. The molecule has 0 aromatic heterocycles. The van der Waals surface area contributed by atoms with Gasteiger partial charge in [0.25, 0.3) is 0 Å². The molecule has 0 spiro atoms. The number of carbonyl (C=O) groups excluding carboxylic acids is 1. The van der Waals surface area contributed by atoms with Crippen LogP contribution in [0.4, 0.5) is 14.9 Å². The molecule has 0 aliphatic heterocycles. The molecule has 0 aliphatic rings. The van der Waals surface area contributed by atoms with Crippen molar-refractivity contribution >= 4 is 11.7 Å². The third-order valence-corrected chi connectivity index (χ3v) is 1.69. The fourth-order valence-corrected chi connectivity index (χ4v) is 0.962. The lowest BCUT2D eigenvalue weighted by Gasteiger charge is -2.09. The number of amides is 2. The summed E-state index contributed by atoms with van der Waals surface area (Å²) in [5.74, 6) is -0.337. The van der Waals surface area contributed by atoms with E-state index >= 15 is 0 Å². The van der Waals surface area contributed by atoms with E-state index in [1.165, 1.54) is 24.3 Å². The van der Waals surface area contributed by atoms with Crippen molar-refractivity contribution < 1.29 is 9.18 Å². The molecule has 0 saturated carbocycles. The molecule has 0 heterocycles. The van der Waals surface area contributed by atoms with Crippen LogP contribution in [0, 0.1) is 5.82 Å². The van der Waals surface area contributed by atoms with Gasteiger partial charge in [0.1, 0.15) is 5.82 Å². The average molecular weight is 211 g/mol. The maximum atomic E-state index is 12.5. The van der Waals surface area contributed by atoms with Gasteiger partial charge in [-0.25, -0.2) is 9.18 Å². The van der Waals surface area contributed by atoms with Gasteiger partial charge in [-0.05, 0) is 31.2 Å². The van der Waals surface area contributed by atoms with Gasteiger partial charge in [0.15, 0.2) is 0 Å². The molecule has 0 radical (unpaired) electrons. The first kappa shape index (κ1) is 11.5. The summed E-state index contributed by atoms with van der Waals surface area (Å²) >= 11 is 0. The summed E-state index contributed by atoms with van der Waals surface area (Å²) in [6.07, 6.45) is 0. The highest BCUT2D eigenvalue weighted by molar-refractivity contribution is 5.89. The maximum absolute atomic E-state index is 12.5. The van der Waals surface area contributed by atoms with Crippen molar-refractivity contribution in [1.29, 1.82) is 0 Å². The zero-order chi connectivity index (χ0) is 11.3. The van der Waals surface area contributed by atoms with Crippen molar-refractivity contribution in [3.8, 4) is 0 Å². The van der Waals surface area contributed by atoms with E-state index in [-0.39, 0.29) is 17.9 Å². The fraction of sp³-hybridized carbons (Fsp3) is 0.300. The van der Waals surface area contributed by atoms with Gasteiger partial charge in [-0.3, -0.25) is 0 Å². The third kappa shape index (κ3) is 4.42. The summed E-state index contributed by atoms with van der Waals surface area (Å²) in [6, 6.07) is 5.09. The van der Waals surface area contributed by atoms with Crippen molar-refractivity contribution in [2.24, 2.45) is 5.73 Å². The Morgan fingerprint density at radius 3 is 2.60 bits per heavy atom. The van der Waals surface area contributed by atoms with E-state index in [0.717, 1.165) is 0 Å². The Balaban J connectivity index is 2.41. The number of carbonyl (C=O) groups is 1. The van der Waals surface area contributed by atoms with Gasteiger partial charge in [-0.2, -0.15) is 0 Å². The highest BCUT2D eigenvalue weighted by Crippen LogP contribution is 2.07. The number of hydrogen-bond donors (Lipinski definition) is 3. The molecule has 1 aromatic carbocycles. The highest BCUT2D eigenvalue weighted by atomic mass is 19.1. The fourth-order valence-electron chi connectivity index (χ4n) is 0.962. The van der Waals surface area contributed by atoms with Crippen LogP contribution < -0.4 is 16.4 Å². The standard InChI is InChI=1S/C10H14FN3O/c1-7(12)6-13-10(15)14-9-4-2-8(11)3-5-9/h2-5,7H,6,12H2,1H3,(H2,13,14,15). The molecule has 1 rings (SSSR count). The lowest BCUT2D eigenvalue weighted by Crippen LogP contribution is -2.37. The lowest BCUT2D eigenvalue weighted by molar-refractivity contribution is 0.251. The quantitative estimate of drug-likeness (QED) is 0.705. The summed E-state index contributed by atoms with van der Waals surface area (Å²) in [6.45, 7) is 2.19. The lowest BCUT2D eigenvalue weighted by atomic mass is 10.3. The molecule has 2 amide bonds. The maximum Gasteiger partial charge on any atom is 0.319 e. The van der Waals surface area contributed by atoms with Crippen LogP contribution in [0.5, 0.6) is 0 Å². The number of nitrogens with one attached hydrogen (secondary N) is 2. The predicted octanol–water partition coefficient (Wildman–Crippen LogP) is 1.29. The number of nitrogens with two attached hydrogens (primary N) is 1. The van der Waals surface area contributed by atoms with Gasteiger partial charge in [-0.1, -0.05) is 0 Å². The van der Waals surface area contributed by atoms with E-state index in [9.17, 15) is 9.18 Å². The Bertz CT molecular complexity index is 324. The molecule has 4 N–H and O–H groups in total. The van der Waals surface area contributed by atoms with E-state index in [1.54, 1.807) is 6.92 Å². The smallest absolute Gasteiger partial charge is 0.319 e. The van der Waals surface area contributed by atoms with Crippen LogP contribution in [0.15, 0.2) is 24.3 Å². The zero-order valence-corrected chi connectivity index (χ0v) is 8.46. The first-order valence-corrected chi connectivity index (χ1v) is 4.64. The minimum atomic E-state index is -0.348. The molecular weight excluding hydrogens is 197 g/mol. The SMILES string of the molecule is CC(N)CNC(=O)Nc1ccc(F)cc1. The van der Waals surface area contributed by atoms with E-state index < -0.39 is 0 Å². The van der Waals surface area contributed by atoms with Crippen LogP contribution in [0.2, 0.25) is 0 Å². The number of urea groups is 1. The first-order chi connectivity index (χ1) is 7.08.